The molecule has 0 aromatic carbocycles. The smallest absolute Gasteiger partial charge is 0.197 e. The van der Waals surface area contributed by atoms with Crippen LogP contribution in [0.4, 0.5) is 0 Å². The second kappa shape index (κ2) is 4.28. The van der Waals surface area contributed by atoms with Crippen LogP contribution < -0.4 is 0 Å². The Bertz CT molecular complexity index is 463. The molecule has 0 aliphatic heterocycles. The van der Waals surface area contributed by atoms with Crippen LogP contribution in [0.15, 0.2) is 27.2 Å². The van der Waals surface area contributed by atoms with Crippen LogP contribution in [-0.2, 0) is 7.05 Å². The van der Waals surface area contributed by atoms with Gasteiger partial charge >= 0.3 is 0 Å². The first kappa shape index (κ1) is 10.6. The Morgan fingerprint density at radius 3 is 2.80 bits per heavy atom. The number of hydrogen-bond donors (Lipinski definition) is 0. The van der Waals surface area contributed by atoms with E-state index in [1.807, 2.05) is 24.6 Å². The highest BCUT2D eigenvalue weighted by molar-refractivity contribution is 9.10. The van der Waals surface area contributed by atoms with Crippen LogP contribution in [-0.4, -0.2) is 24.7 Å². The van der Waals surface area contributed by atoms with Crippen molar-refractivity contribution in [2.75, 3.05) is 0 Å². The summed E-state index contributed by atoms with van der Waals surface area (Å²) in [4.78, 5) is 8.43. The maximum absolute atomic E-state index is 4.29. The maximum atomic E-state index is 4.29. The normalized spacial score (nSPS) is 10.6. The van der Waals surface area contributed by atoms with Gasteiger partial charge < -0.3 is 4.57 Å². The van der Waals surface area contributed by atoms with E-state index in [9.17, 15) is 0 Å². The predicted octanol–water partition coefficient (Wildman–Crippen LogP) is 1.83. The van der Waals surface area contributed by atoms with Gasteiger partial charge in [0.05, 0.1) is 0 Å². The quantitative estimate of drug-likeness (QED) is 0.788. The van der Waals surface area contributed by atoms with Crippen molar-refractivity contribution >= 4 is 27.7 Å². The zero-order valence-electron chi connectivity index (χ0n) is 8.18. The molecule has 0 aliphatic carbocycles. The fraction of sp³-hybridized carbons (Fsp3) is 0.250. The van der Waals surface area contributed by atoms with Gasteiger partial charge in [-0.05, 0) is 34.6 Å². The molecule has 0 saturated heterocycles. The van der Waals surface area contributed by atoms with E-state index in [0.717, 1.165) is 20.6 Å². The largest absolute Gasteiger partial charge is 0.311 e. The van der Waals surface area contributed by atoms with Crippen molar-refractivity contribution in [3.8, 4) is 0 Å². The van der Waals surface area contributed by atoms with Gasteiger partial charge in [-0.1, -0.05) is 0 Å². The topological polar surface area (TPSA) is 56.5 Å². The molecule has 0 amide bonds. The number of nitrogens with zero attached hydrogens (tertiary/aromatic N) is 5. The number of aromatic nitrogens is 5. The highest BCUT2D eigenvalue weighted by atomic mass is 79.9. The van der Waals surface area contributed by atoms with Crippen molar-refractivity contribution in [1.29, 1.82) is 0 Å². The fourth-order valence-electron chi connectivity index (χ4n) is 1.02. The molecular weight excluding hydrogens is 278 g/mol. The average Bonchev–Trinajstić information content (AvgIpc) is 2.50. The molecule has 5 nitrogen and oxygen atoms in total. The minimum atomic E-state index is 0.731. The van der Waals surface area contributed by atoms with E-state index in [1.54, 1.807) is 6.33 Å². The van der Waals surface area contributed by atoms with Crippen LogP contribution in [0.25, 0.3) is 0 Å². The van der Waals surface area contributed by atoms with Gasteiger partial charge in [0.2, 0.25) is 0 Å². The monoisotopic (exact) mass is 285 g/mol. The Hall–Kier alpha value is -0.950. The summed E-state index contributed by atoms with van der Waals surface area (Å²) < 4.78 is 2.62. The van der Waals surface area contributed by atoms with E-state index in [1.165, 1.54) is 11.8 Å². The third-order valence-electron chi connectivity index (χ3n) is 1.65. The van der Waals surface area contributed by atoms with Crippen molar-refractivity contribution < 1.29 is 0 Å². The van der Waals surface area contributed by atoms with E-state index in [2.05, 4.69) is 36.1 Å². The van der Waals surface area contributed by atoms with Gasteiger partial charge in [0.25, 0.3) is 0 Å². The van der Waals surface area contributed by atoms with Crippen LogP contribution in [0.1, 0.15) is 5.82 Å². The standard InChI is InChI=1S/C8H8BrN5S/c1-5-11-6(9)3-7(12-5)15-8-13-10-4-14(8)2/h3-4H,1-2H3. The molecule has 15 heavy (non-hydrogen) atoms. The van der Waals surface area contributed by atoms with Crippen LogP contribution in [0, 0.1) is 6.92 Å². The lowest BCUT2D eigenvalue weighted by atomic mass is 10.6. The van der Waals surface area contributed by atoms with E-state index in [0.29, 0.717) is 0 Å². The molecule has 0 fully saturated rings. The Morgan fingerprint density at radius 1 is 1.40 bits per heavy atom. The van der Waals surface area contributed by atoms with Crippen LogP contribution in [0.2, 0.25) is 0 Å². The first-order valence-corrected chi connectivity index (χ1v) is 5.79. The molecule has 2 rings (SSSR count). The van der Waals surface area contributed by atoms with Crippen molar-refractivity contribution in [2.24, 2.45) is 7.05 Å². The average molecular weight is 286 g/mol. The SMILES string of the molecule is Cc1nc(Br)cc(Sc2nncn2C)n1. The molecule has 2 aromatic rings. The van der Waals surface area contributed by atoms with Crippen LogP contribution in [0.3, 0.4) is 0 Å². The summed E-state index contributed by atoms with van der Waals surface area (Å²) in [5.41, 5.74) is 0. The molecule has 0 radical (unpaired) electrons. The van der Waals surface area contributed by atoms with E-state index in [4.69, 9.17) is 0 Å². The summed E-state index contributed by atoms with van der Waals surface area (Å²) in [7, 11) is 1.89. The minimum Gasteiger partial charge on any atom is -0.311 e. The molecule has 0 aliphatic rings. The maximum Gasteiger partial charge on any atom is 0.197 e. The van der Waals surface area contributed by atoms with Gasteiger partial charge in [0.1, 0.15) is 21.8 Å². The van der Waals surface area contributed by atoms with Gasteiger partial charge in [-0.15, -0.1) is 10.2 Å². The van der Waals surface area contributed by atoms with Gasteiger partial charge in [0, 0.05) is 13.1 Å². The summed E-state index contributed by atoms with van der Waals surface area (Å²) >= 11 is 4.79. The third kappa shape index (κ3) is 2.54. The third-order valence-corrected chi connectivity index (χ3v) is 3.03. The van der Waals surface area contributed by atoms with Crippen molar-refractivity contribution in [3.63, 3.8) is 0 Å². The molecule has 0 unspecified atom stereocenters. The highest BCUT2D eigenvalue weighted by Gasteiger charge is 2.06. The van der Waals surface area contributed by atoms with Gasteiger partial charge in [0.15, 0.2) is 5.16 Å². The summed E-state index contributed by atoms with van der Waals surface area (Å²) in [6.45, 7) is 1.85. The van der Waals surface area contributed by atoms with Crippen molar-refractivity contribution in [1.82, 2.24) is 24.7 Å². The molecule has 0 bridgehead atoms. The zero-order valence-corrected chi connectivity index (χ0v) is 10.6. The van der Waals surface area contributed by atoms with Crippen molar-refractivity contribution in [2.45, 2.75) is 17.1 Å². The number of aryl methyl sites for hydroxylation is 2. The molecule has 0 saturated carbocycles. The van der Waals surface area contributed by atoms with E-state index >= 15 is 0 Å². The molecule has 0 spiro atoms. The zero-order chi connectivity index (χ0) is 10.8. The first-order valence-electron chi connectivity index (χ1n) is 4.18. The molecular formula is C8H8BrN5S. The second-order valence-corrected chi connectivity index (χ2v) is 4.70. The lowest BCUT2D eigenvalue weighted by molar-refractivity contribution is 0.786. The molecule has 2 heterocycles. The highest BCUT2D eigenvalue weighted by Crippen LogP contribution is 2.24. The second-order valence-electron chi connectivity index (χ2n) is 2.90. The predicted molar refractivity (Wildman–Crippen MR) is 59.6 cm³/mol. The minimum absolute atomic E-state index is 0.731. The lowest BCUT2D eigenvalue weighted by Gasteiger charge is -2.01. The fourth-order valence-corrected chi connectivity index (χ4v) is 2.46. The Morgan fingerprint density at radius 2 is 2.20 bits per heavy atom. The van der Waals surface area contributed by atoms with E-state index in [-0.39, 0.29) is 0 Å². The molecule has 78 valence electrons. The summed E-state index contributed by atoms with van der Waals surface area (Å²) in [6.07, 6.45) is 1.66. The number of halogens is 1. The molecule has 7 heteroatoms. The summed E-state index contributed by atoms with van der Waals surface area (Å²) in [6, 6.07) is 1.85. The Balaban J connectivity index is 2.28. The van der Waals surface area contributed by atoms with Crippen LogP contribution >= 0.6 is 27.7 Å². The summed E-state index contributed by atoms with van der Waals surface area (Å²) in [5.74, 6) is 0.731. The van der Waals surface area contributed by atoms with Gasteiger partial charge in [-0.2, -0.15) is 0 Å². The Labute approximate surface area is 99.5 Å². The van der Waals surface area contributed by atoms with E-state index < -0.39 is 0 Å². The van der Waals surface area contributed by atoms with Crippen molar-refractivity contribution in [3.05, 3.63) is 22.8 Å². The Kier molecular flexibility index (Phi) is 3.01. The molecule has 0 atom stereocenters. The molecule has 0 N–H and O–H groups in total. The van der Waals surface area contributed by atoms with Gasteiger partial charge in [-0.3, -0.25) is 0 Å². The lowest BCUT2D eigenvalue weighted by Crippen LogP contribution is -1.93. The van der Waals surface area contributed by atoms with Crippen LogP contribution in [0.5, 0.6) is 0 Å². The first-order chi connectivity index (χ1) is 7.15. The van der Waals surface area contributed by atoms with Gasteiger partial charge in [-0.25, -0.2) is 9.97 Å². The number of rotatable bonds is 2. The number of hydrogen-bond acceptors (Lipinski definition) is 5. The molecule has 2 aromatic heterocycles. The summed E-state index contributed by atoms with van der Waals surface area (Å²) in [5, 5.41) is 9.43.